The molecule has 2 heterocycles. The molecule has 0 unspecified atom stereocenters. The number of ether oxygens (including phenoxy) is 2. The van der Waals surface area contributed by atoms with Crippen LogP contribution in [0, 0.1) is 0 Å². The highest BCUT2D eigenvalue weighted by molar-refractivity contribution is 7.90. The molecule has 1 saturated heterocycles. The van der Waals surface area contributed by atoms with E-state index < -0.39 is 10.2 Å². The van der Waals surface area contributed by atoms with Gasteiger partial charge in [0.2, 0.25) is 0 Å². The quantitative estimate of drug-likeness (QED) is 0.294. The fourth-order valence-corrected chi connectivity index (χ4v) is 4.75. The van der Waals surface area contributed by atoms with Gasteiger partial charge in [-0.2, -0.15) is 12.7 Å². The summed E-state index contributed by atoms with van der Waals surface area (Å²) >= 11 is 5.87. The van der Waals surface area contributed by atoms with Gasteiger partial charge in [-0.3, -0.25) is 13.9 Å². The largest absolute Gasteiger partial charge is 0.491 e. The van der Waals surface area contributed by atoms with Crippen molar-refractivity contribution in [2.24, 2.45) is 0 Å². The van der Waals surface area contributed by atoms with Crippen molar-refractivity contribution in [3.8, 4) is 5.75 Å². The van der Waals surface area contributed by atoms with Gasteiger partial charge in [-0.1, -0.05) is 11.6 Å². The third kappa shape index (κ3) is 6.30. The monoisotopic (exact) mass is 484 g/mol. The SMILES string of the molecule is CCONC(=O)c1ccc(OCCOCCN2CCN(c3ccnc(Cl)c3)S2(=O)=O)cc1. The molecule has 32 heavy (non-hydrogen) atoms. The van der Waals surface area contributed by atoms with Crippen LogP contribution in [0.1, 0.15) is 17.3 Å². The first kappa shape index (κ1) is 24.2. The Morgan fingerprint density at radius 3 is 2.66 bits per heavy atom. The van der Waals surface area contributed by atoms with Crippen LogP contribution >= 0.6 is 11.6 Å². The molecule has 0 radical (unpaired) electrons. The van der Waals surface area contributed by atoms with E-state index in [1.165, 1.54) is 20.9 Å². The van der Waals surface area contributed by atoms with Gasteiger partial charge in [0.25, 0.3) is 5.91 Å². The molecule has 0 saturated carbocycles. The van der Waals surface area contributed by atoms with Gasteiger partial charge in [-0.05, 0) is 43.3 Å². The summed E-state index contributed by atoms with van der Waals surface area (Å²) in [6.07, 6.45) is 1.47. The number of hydrogen-bond acceptors (Lipinski definition) is 7. The van der Waals surface area contributed by atoms with E-state index in [4.69, 9.17) is 25.9 Å². The lowest BCUT2D eigenvalue weighted by molar-refractivity contribution is 0.0364. The molecule has 1 N–H and O–H groups in total. The minimum atomic E-state index is -3.62. The van der Waals surface area contributed by atoms with Gasteiger partial charge in [0.15, 0.2) is 0 Å². The van der Waals surface area contributed by atoms with Crippen LogP contribution in [0.5, 0.6) is 5.75 Å². The first-order valence-corrected chi connectivity index (χ1v) is 11.8. The van der Waals surface area contributed by atoms with Crippen LogP contribution in [-0.2, 0) is 19.8 Å². The van der Waals surface area contributed by atoms with E-state index in [0.29, 0.717) is 49.9 Å². The number of nitrogens with one attached hydrogen (secondary N) is 1. The smallest absolute Gasteiger partial charge is 0.304 e. The van der Waals surface area contributed by atoms with Crippen LogP contribution in [0.15, 0.2) is 42.6 Å². The van der Waals surface area contributed by atoms with E-state index in [1.54, 1.807) is 37.3 Å². The Labute approximate surface area is 192 Å². The van der Waals surface area contributed by atoms with E-state index in [-0.39, 0.29) is 24.2 Å². The van der Waals surface area contributed by atoms with Crippen molar-refractivity contribution in [3.63, 3.8) is 0 Å². The zero-order valence-electron chi connectivity index (χ0n) is 17.6. The first-order chi connectivity index (χ1) is 15.4. The minimum absolute atomic E-state index is 0.237. The molecule has 10 nitrogen and oxygen atoms in total. The summed E-state index contributed by atoms with van der Waals surface area (Å²) in [6, 6.07) is 9.75. The molecule has 2 aromatic rings. The molecular weight excluding hydrogens is 460 g/mol. The molecule has 0 aliphatic carbocycles. The number of rotatable bonds is 11. The predicted molar refractivity (Wildman–Crippen MR) is 119 cm³/mol. The van der Waals surface area contributed by atoms with Gasteiger partial charge >= 0.3 is 10.2 Å². The number of hydrogen-bond donors (Lipinski definition) is 1. The zero-order valence-corrected chi connectivity index (χ0v) is 19.1. The highest BCUT2D eigenvalue weighted by Crippen LogP contribution is 2.26. The van der Waals surface area contributed by atoms with Crippen molar-refractivity contribution >= 4 is 33.4 Å². The summed E-state index contributed by atoms with van der Waals surface area (Å²) < 4.78 is 39.2. The summed E-state index contributed by atoms with van der Waals surface area (Å²) in [5.74, 6) is 0.263. The maximum atomic E-state index is 12.7. The normalized spacial score (nSPS) is 15.6. The third-order valence-electron chi connectivity index (χ3n) is 4.56. The molecule has 1 aliphatic rings. The maximum absolute atomic E-state index is 12.7. The second-order valence-corrected chi connectivity index (χ2v) is 8.91. The van der Waals surface area contributed by atoms with Crippen molar-refractivity contribution in [1.29, 1.82) is 0 Å². The molecule has 1 fully saturated rings. The number of amides is 1. The lowest BCUT2D eigenvalue weighted by atomic mass is 10.2. The molecule has 1 aromatic carbocycles. The van der Waals surface area contributed by atoms with Gasteiger partial charge < -0.3 is 9.47 Å². The maximum Gasteiger partial charge on any atom is 0.304 e. The lowest BCUT2D eigenvalue weighted by Gasteiger charge is -2.20. The van der Waals surface area contributed by atoms with Crippen LogP contribution in [0.25, 0.3) is 0 Å². The molecule has 0 bridgehead atoms. The summed E-state index contributed by atoms with van der Waals surface area (Å²) in [7, 11) is -3.62. The fraction of sp³-hybridized carbons (Fsp3) is 0.400. The first-order valence-electron chi connectivity index (χ1n) is 10.0. The molecule has 0 atom stereocenters. The molecule has 174 valence electrons. The molecule has 0 spiro atoms. The standard InChI is InChI=1S/C20H25ClN4O6S/c1-2-31-23-20(26)16-3-5-18(6-4-16)30-14-13-29-12-11-24-9-10-25(32(24,27)28)17-7-8-22-19(21)15-17/h3-8,15H,2,9-14H2,1H3,(H,23,26). The molecular formula is C20H25ClN4O6S. The summed E-state index contributed by atoms with van der Waals surface area (Å²) in [5, 5.41) is 0.239. The van der Waals surface area contributed by atoms with E-state index in [2.05, 4.69) is 10.5 Å². The Kier molecular flexibility index (Phi) is 8.65. The van der Waals surface area contributed by atoms with Gasteiger partial charge in [0.1, 0.15) is 17.5 Å². The number of pyridine rings is 1. The Morgan fingerprint density at radius 1 is 1.16 bits per heavy atom. The number of hydroxylamine groups is 1. The van der Waals surface area contributed by atoms with Crippen molar-refractivity contribution < 1.29 is 27.5 Å². The number of nitrogens with zero attached hydrogens (tertiary/aromatic N) is 3. The van der Waals surface area contributed by atoms with Gasteiger partial charge in [0, 0.05) is 31.4 Å². The highest BCUT2D eigenvalue weighted by Gasteiger charge is 2.36. The van der Waals surface area contributed by atoms with E-state index in [9.17, 15) is 13.2 Å². The van der Waals surface area contributed by atoms with Crippen LogP contribution in [0.3, 0.4) is 0 Å². The average molecular weight is 485 g/mol. The minimum Gasteiger partial charge on any atom is -0.491 e. The number of anilines is 1. The number of aromatic nitrogens is 1. The Bertz CT molecular complexity index is 1010. The van der Waals surface area contributed by atoms with Crippen LogP contribution in [0.4, 0.5) is 5.69 Å². The average Bonchev–Trinajstić information content (AvgIpc) is 3.08. The molecule has 1 aromatic heterocycles. The summed E-state index contributed by atoms with van der Waals surface area (Å²) in [4.78, 5) is 20.5. The van der Waals surface area contributed by atoms with Gasteiger partial charge in [-0.25, -0.2) is 10.5 Å². The van der Waals surface area contributed by atoms with Crippen molar-refractivity contribution in [2.45, 2.75) is 6.92 Å². The van der Waals surface area contributed by atoms with E-state index in [0.717, 1.165) is 0 Å². The van der Waals surface area contributed by atoms with E-state index >= 15 is 0 Å². The van der Waals surface area contributed by atoms with Crippen LogP contribution < -0.4 is 14.5 Å². The number of benzene rings is 1. The lowest BCUT2D eigenvalue weighted by Crippen LogP contribution is -2.35. The van der Waals surface area contributed by atoms with Crippen LogP contribution in [-0.4, -0.2) is 69.7 Å². The van der Waals surface area contributed by atoms with Crippen molar-refractivity contribution in [1.82, 2.24) is 14.8 Å². The molecule has 3 rings (SSSR count). The van der Waals surface area contributed by atoms with Gasteiger partial charge in [0.05, 0.1) is 25.5 Å². The molecule has 1 amide bonds. The second-order valence-electron chi connectivity index (χ2n) is 6.67. The van der Waals surface area contributed by atoms with Crippen LogP contribution in [0.2, 0.25) is 5.15 Å². The number of carbonyl (C=O) groups is 1. The summed E-state index contributed by atoms with van der Waals surface area (Å²) in [6.45, 7) is 3.93. The number of halogens is 1. The van der Waals surface area contributed by atoms with E-state index in [1.807, 2.05) is 0 Å². The topological polar surface area (TPSA) is 110 Å². The fourth-order valence-electron chi connectivity index (χ4n) is 3.00. The third-order valence-corrected chi connectivity index (χ3v) is 6.74. The van der Waals surface area contributed by atoms with Gasteiger partial charge in [-0.15, -0.1) is 0 Å². The number of carbonyl (C=O) groups excluding carboxylic acids is 1. The second kappa shape index (κ2) is 11.4. The van der Waals surface area contributed by atoms with Crippen molar-refractivity contribution in [3.05, 3.63) is 53.3 Å². The molecule has 1 aliphatic heterocycles. The Morgan fingerprint density at radius 2 is 1.94 bits per heavy atom. The Balaban J connectivity index is 1.37. The predicted octanol–water partition coefficient (Wildman–Crippen LogP) is 1.88. The highest BCUT2D eigenvalue weighted by atomic mass is 35.5. The summed E-state index contributed by atoms with van der Waals surface area (Å²) in [5.41, 5.74) is 3.26. The van der Waals surface area contributed by atoms with Crippen molar-refractivity contribution in [2.75, 3.05) is 50.4 Å². The Hall–Kier alpha value is -2.44. The zero-order chi connectivity index (χ0) is 23.0. The molecule has 12 heteroatoms.